The van der Waals surface area contributed by atoms with Crippen molar-refractivity contribution in [2.24, 2.45) is 0 Å². The van der Waals surface area contributed by atoms with Gasteiger partial charge in [-0.1, -0.05) is 51.8 Å². The monoisotopic (exact) mass is 554 g/mol. The molecule has 178 valence electrons. The normalized spacial score (nSPS) is 14.8. The van der Waals surface area contributed by atoms with Crippen LogP contribution in [0.3, 0.4) is 0 Å². The summed E-state index contributed by atoms with van der Waals surface area (Å²) in [6.45, 7) is 1.97. The number of rotatable bonds is 6. The molecule has 0 aliphatic carbocycles. The first-order valence-electron chi connectivity index (χ1n) is 10.5. The van der Waals surface area contributed by atoms with Gasteiger partial charge in [0, 0.05) is 26.7 Å². The molecule has 0 bridgehead atoms. The summed E-state index contributed by atoms with van der Waals surface area (Å²) in [5, 5.41) is 2.58. The Labute approximate surface area is 215 Å². The molecule has 4 rings (SSSR count). The van der Waals surface area contributed by atoms with Crippen molar-refractivity contribution in [3.05, 3.63) is 92.4 Å². The number of ether oxygens (including phenoxy) is 2. The molecule has 0 unspecified atom stereocenters. The second-order valence-electron chi connectivity index (χ2n) is 7.67. The number of barbiturate groups is 1. The fourth-order valence-electron chi connectivity index (χ4n) is 3.51. The van der Waals surface area contributed by atoms with Crippen LogP contribution in [-0.4, -0.2) is 25.0 Å². The van der Waals surface area contributed by atoms with Crippen LogP contribution in [0.2, 0.25) is 5.02 Å². The molecule has 9 heteroatoms. The van der Waals surface area contributed by atoms with Gasteiger partial charge in [0.2, 0.25) is 0 Å². The minimum absolute atomic E-state index is 0.222. The van der Waals surface area contributed by atoms with Gasteiger partial charge in [-0.05, 0) is 48.9 Å². The molecule has 35 heavy (non-hydrogen) atoms. The lowest BCUT2D eigenvalue weighted by Crippen LogP contribution is -2.54. The second-order valence-corrected chi connectivity index (χ2v) is 8.96. The maximum atomic E-state index is 13.3. The molecule has 1 aliphatic heterocycles. The van der Waals surface area contributed by atoms with E-state index in [1.807, 2.05) is 24.3 Å². The van der Waals surface area contributed by atoms with Gasteiger partial charge in [0.1, 0.15) is 23.7 Å². The van der Waals surface area contributed by atoms with E-state index in [2.05, 4.69) is 21.2 Å². The van der Waals surface area contributed by atoms with Crippen LogP contribution in [0.25, 0.3) is 6.08 Å². The number of nitrogens with one attached hydrogen (secondary N) is 1. The van der Waals surface area contributed by atoms with Crippen molar-refractivity contribution in [3.63, 3.8) is 0 Å². The molecule has 1 saturated heterocycles. The van der Waals surface area contributed by atoms with E-state index in [9.17, 15) is 14.4 Å². The molecular weight excluding hydrogens is 536 g/mol. The Morgan fingerprint density at radius 1 is 1.06 bits per heavy atom. The van der Waals surface area contributed by atoms with Gasteiger partial charge in [-0.2, -0.15) is 0 Å². The van der Waals surface area contributed by atoms with Crippen LogP contribution < -0.4 is 19.7 Å². The summed E-state index contributed by atoms with van der Waals surface area (Å²) in [5.41, 5.74) is 2.09. The van der Waals surface area contributed by atoms with Crippen LogP contribution in [0, 0.1) is 6.92 Å². The molecular formula is C26H20BrClN2O5. The van der Waals surface area contributed by atoms with Crippen molar-refractivity contribution in [2.75, 3.05) is 12.0 Å². The molecule has 1 fully saturated rings. The van der Waals surface area contributed by atoms with Crippen molar-refractivity contribution >= 4 is 57.1 Å². The highest BCUT2D eigenvalue weighted by Crippen LogP contribution is 2.31. The first-order valence-corrected chi connectivity index (χ1v) is 11.7. The number of urea groups is 1. The summed E-state index contributed by atoms with van der Waals surface area (Å²) in [6.07, 6.45) is 1.39. The van der Waals surface area contributed by atoms with Crippen molar-refractivity contribution in [2.45, 2.75) is 13.5 Å². The van der Waals surface area contributed by atoms with Gasteiger partial charge in [-0.15, -0.1) is 0 Å². The quantitative estimate of drug-likeness (QED) is 0.313. The largest absolute Gasteiger partial charge is 0.497 e. The number of nitrogens with zero attached hydrogens (tertiary/aromatic N) is 1. The molecule has 1 aliphatic rings. The maximum Gasteiger partial charge on any atom is 0.335 e. The Bertz CT molecular complexity index is 1370. The molecule has 0 radical (unpaired) electrons. The minimum atomic E-state index is -0.845. The topological polar surface area (TPSA) is 84.9 Å². The summed E-state index contributed by atoms with van der Waals surface area (Å²) in [7, 11) is 1.53. The molecule has 0 aromatic heterocycles. The van der Waals surface area contributed by atoms with Crippen LogP contribution in [0.1, 0.15) is 16.7 Å². The van der Waals surface area contributed by atoms with Crippen molar-refractivity contribution < 1.29 is 23.9 Å². The zero-order chi connectivity index (χ0) is 25.1. The van der Waals surface area contributed by atoms with Crippen LogP contribution in [0.15, 0.2) is 70.7 Å². The van der Waals surface area contributed by atoms with Gasteiger partial charge in [0.15, 0.2) is 0 Å². The Morgan fingerprint density at radius 2 is 1.83 bits per heavy atom. The fraction of sp³-hybridized carbons (Fsp3) is 0.115. The van der Waals surface area contributed by atoms with E-state index >= 15 is 0 Å². The predicted molar refractivity (Wildman–Crippen MR) is 137 cm³/mol. The van der Waals surface area contributed by atoms with Gasteiger partial charge in [-0.3, -0.25) is 14.9 Å². The number of methoxy groups -OCH3 is 1. The third-order valence-corrected chi connectivity index (χ3v) is 6.38. The molecule has 7 nitrogen and oxygen atoms in total. The van der Waals surface area contributed by atoms with E-state index in [0.717, 1.165) is 14.9 Å². The van der Waals surface area contributed by atoms with E-state index in [1.54, 1.807) is 37.3 Å². The molecule has 0 atom stereocenters. The van der Waals surface area contributed by atoms with E-state index in [1.165, 1.54) is 19.3 Å². The number of anilines is 1. The summed E-state index contributed by atoms with van der Waals surface area (Å²) >= 11 is 9.59. The number of amides is 4. The van der Waals surface area contributed by atoms with E-state index in [4.69, 9.17) is 21.1 Å². The Balaban J connectivity index is 1.72. The standard InChI is InChI=1S/C26H20BrClN2O5/c1-15-7-9-18(28)12-22(15)30-25(32)20(24(31)29-26(30)33)11-16-8-10-19(34-2)13-23(16)35-14-17-5-3-4-6-21(17)27/h3-13H,14H2,1-2H3,(H,29,31,33)/b20-11+. The zero-order valence-electron chi connectivity index (χ0n) is 18.8. The summed E-state index contributed by atoms with van der Waals surface area (Å²) in [5.74, 6) is -0.629. The van der Waals surface area contributed by atoms with Crippen LogP contribution >= 0.6 is 27.5 Å². The Morgan fingerprint density at radius 3 is 2.57 bits per heavy atom. The maximum absolute atomic E-state index is 13.3. The average molecular weight is 556 g/mol. The predicted octanol–water partition coefficient (Wildman–Crippen LogP) is 5.66. The average Bonchev–Trinajstić information content (AvgIpc) is 2.83. The Kier molecular flexibility index (Phi) is 7.23. The van der Waals surface area contributed by atoms with E-state index < -0.39 is 17.8 Å². The summed E-state index contributed by atoms with van der Waals surface area (Å²) < 4.78 is 12.2. The number of carbonyl (C=O) groups is 3. The van der Waals surface area contributed by atoms with Crippen molar-refractivity contribution in [3.8, 4) is 11.5 Å². The number of hydrogen-bond donors (Lipinski definition) is 1. The lowest BCUT2D eigenvalue weighted by Gasteiger charge is -2.27. The molecule has 1 N–H and O–H groups in total. The smallest absolute Gasteiger partial charge is 0.335 e. The number of benzene rings is 3. The fourth-order valence-corrected chi connectivity index (χ4v) is 4.08. The number of imide groups is 2. The van der Waals surface area contributed by atoms with Gasteiger partial charge in [0.25, 0.3) is 11.8 Å². The number of halogens is 2. The van der Waals surface area contributed by atoms with E-state index in [0.29, 0.717) is 33.3 Å². The highest BCUT2D eigenvalue weighted by atomic mass is 79.9. The van der Waals surface area contributed by atoms with Crippen molar-refractivity contribution in [1.82, 2.24) is 5.32 Å². The van der Waals surface area contributed by atoms with Gasteiger partial charge in [-0.25, -0.2) is 9.69 Å². The van der Waals surface area contributed by atoms with Crippen LogP contribution in [0.4, 0.5) is 10.5 Å². The van der Waals surface area contributed by atoms with Crippen LogP contribution in [0.5, 0.6) is 11.5 Å². The zero-order valence-corrected chi connectivity index (χ0v) is 21.1. The van der Waals surface area contributed by atoms with Crippen molar-refractivity contribution in [1.29, 1.82) is 0 Å². The van der Waals surface area contributed by atoms with Gasteiger partial charge in [0.05, 0.1) is 12.8 Å². The first kappa shape index (κ1) is 24.5. The molecule has 3 aromatic rings. The van der Waals surface area contributed by atoms with E-state index in [-0.39, 0.29) is 12.2 Å². The molecule has 0 spiro atoms. The number of aryl methyl sites for hydroxylation is 1. The second kappa shape index (κ2) is 10.3. The molecule has 4 amide bonds. The summed E-state index contributed by atoms with van der Waals surface area (Å²) in [4.78, 5) is 39.5. The third-order valence-electron chi connectivity index (χ3n) is 5.38. The highest BCUT2D eigenvalue weighted by molar-refractivity contribution is 9.10. The molecule has 1 heterocycles. The van der Waals surface area contributed by atoms with Gasteiger partial charge >= 0.3 is 6.03 Å². The lowest BCUT2D eigenvalue weighted by molar-refractivity contribution is -0.122. The minimum Gasteiger partial charge on any atom is -0.497 e. The highest BCUT2D eigenvalue weighted by Gasteiger charge is 2.37. The summed E-state index contributed by atoms with van der Waals surface area (Å²) in [6, 6.07) is 16.6. The SMILES string of the molecule is COc1ccc(/C=C2\C(=O)NC(=O)N(c3cc(Cl)ccc3C)C2=O)c(OCc2ccccc2Br)c1. The van der Waals surface area contributed by atoms with Gasteiger partial charge < -0.3 is 9.47 Å². The Hall–Kier alpha value is -3.62. The number of carbonyl (C=O) groups excluding carboxylic acids is 3. The molecule has 3 aromatic carbocycles. The molecule has 0 saturated carbocycles. The third kappa shape index (κ3) is 5.23. The number of hydrogen-bond acceptors (Lipinski definition) is 5. The van der Waals surface area contributed by atoms with Crippen LogP contribution in [-0.2, 0) is 16.2 Å². The lowest BCUT2D eigenvalue weighted by atomic mass is 10.0. The first-order chi connectivity index (χ1) is 16.8.